The summed E-state index contributed by atoms with van der Waals surface area (Å²) < 4.78 is 38.7. The van der Waals surface area contributed by atoms with Gasteiger partial charge in [0.1, 0.15) is 5.82 Å². The Hall–Kier alpha value is -1.98. The number of aromatic nitrogens is 2. The molecule has 0 aliphatic rings. The highest BCUT2D eigenvalue weighted by molar-refractivity contribution is 5.38. The van der Waals surface area contributed by atoms with Gasteiger partial charge in [0.2, 0.25) is 0 Å². The van der Waals surface area contributed by atoms with Crippen molar-refractivity contribution in [2.75, 3.05) is 5.43 Å². The van der Waals surface area contributed by atoms with Crippen molar-refractivity contribution in [3.8, 4) is 0 Å². The lowest BCUT2D eigenvalue weighted by Crippen LogP contribution is -2.10. The molecule has 0 saturated heterocycles. The Bertz CT molecular complexity index is 462. The zero-order valence-electron chi connectivity index (χ0n) is 8.07. The Morgan fingerprint density at radius 2 is 1.88 bits per heavy atom. The summed E-state index contributed by atoms with van der Waals surface area (Å²) in [5, 5.41) is 0. The fraction of sp³-hybridized carbons (Fsp3) is 0.100. The molecule has 0 saturated carbocycles. The molecule has 0 aliphatic heterocycles. The summed E-state index contributed by atoms with van der Waals surface area (Å²) in [5.41, 5.74) is 1.98. The minimum absolute atomic E-state index is 0.144. The van der Waals surface area contributed by atoms with E-state index in [0.29, 0.717) is 0 Å². The second-order valence-electron chi connectivity index (χ2n) is 3.13. The Balaban J connectivity index is 2.23. The van der Waals surface area contributed by atoms with Crippen LogP contribution in [0.15, 0.2) is 42.9 Å². The first-order chi connectivity index (χ1) is 7.55. The van der Waals surface area contributed by atoms with Gasteiger partial charge in [-0.05, 0) is 24.3 Å². The lowest BCUT2D eigenvalue weighted by atomic mass is 10.2. The van der Waals surface area contributed by atoms with Gasteiger partial charge in [0, 0.05) is 18.6 Å². The molecule has 1 N–H and O–H groups in total. The van der Waals surface area contributed by atoms with Crippen molar-refractivity contribution in [2.24, 2.45) is 0 Å². The van der Waals surface area contributed by atoms with Crippen molar-refractivity contribution < 1.29 is 13.2 Å². The van der Waals surface area contributed by atoms with E-state index in [1.54, 1.807) is 24.5 Å². The molecule has 0 spiro atoms. The van der Waals surface area contributed by atoms with Crippen LogP contribution in [-0.2, 0) is 6.18 Å². The summed E-state index contributed by atoms with van der Waals surface area (Å²) in [7, 11) is 0. The van der Waals surface area contributed by atoms with E-state index in [2.05, 4.69) is 10.4 Å². The molecule has 0 fully saturated rings. The van der Waals surface area contributed by atoms with Gasteiger partial charge in [-0.2, -0.15) is 13.2 Å². The summed E-state index contributed by atoms with van der Waals surface area (Å²) >= 11 is 0. The van der Waals surface area contributed by atoms with E-state index in [4.69, 9.17) is 0 Å². The number of hydrogen-bond donors (Lipinski definition) is 1. The van der Waals surface area contributed by atoms with Crippen molar-refractivity contribution >= 4 is 5.82 Å². The quantitative estimate of drug-likeness (QED) is 0.854. The van der Waals surface area contributed by atoms with Gasteiger partial charge in [0.15, 0.2) is 0 Å². The zero-order valence-corrected chi connectivity index (χ0v) is 8.07. The number of nitrogens with zero attached hydrogens (tertiary/aromatic N) is 2. The highest BCUT2D eigenvalue weighted by Gasteiger charge is 2.30. The van der Waals surface area contributed by atoms with Gasteiger partial charge >= 0.3 is 6.18 Å². The number of nitrogens with one attached hydrogen (secondary N) is 1. The fourth-order valence-corrected chi connectivity index (χ4v) is 1.21. The summed E-state index contributed by atoms with van der Waals surface area (Å²) in [4.78, 5) is 3.80. The average Bonchev–Trinajstić information content (AvgIpc) is 2.70. The molecular formula is C10H8F3N3. The minimum atomic E-state index is -4.35. The summed E-state index contributed by atoms with van der Waals surface area (Å²) in [6.07, 6.45) is 0.106. The molecule has 84 valence electrons. The lowest BCUT2D eigenvalue weighted by Gasteiger charge is -2.10. The SMILES string of the molecule is FC(F)(F)c1ccnc(Nn2cccc2)c1. The first kappa shape index (κ1) is 10.5. The Labute approximate surface area is 89.5 Å². The molecule has 0 amide bonds. The molecule has 0 atom stereocenters. The standard InChI is InChI=1S/C10H8F3N3/c11-10(12,13)8-3-4-14-9(7-8)15-16-5-1-2-6-16/h1-7H,(H,14,15). The van der Waals surface area contributed by atoms with E-state index in [-0.39, 0.29) is 5.82 Å². The van der Waals surface area contributed by atoms with Crippen molar-refractivity contribution in [3.63, 3.8) is 0 Å². The van der Waals surface area contributed by atoms with Crippen molar-refractivity contribution in [1.29, 1.82) is 0 Å². The molecule has 0 radical (unpaired) electrons. The van der Waals surface area contributed by atoms with Crippen molar-refractivity contribution in [3.05, 3.63) is 48.4 Å². The van der Waals surface area contributed by atoms with E-state index in [1.807, 2.05) is 0 Å². The number of hydrogen-bond acceptors (Lipinski definition) is 2. The van der Waals surface area contributed by atoms with Crippen LogP contribution in [0.2, 0.25) is 0 Å². The van der Waals surface area contributed by atoms with Crippen molar-refractivity contribution in [1.82, 2.24) is 9.66 Å². The van der Waals surface area contributed by atoms with Crippen LogP contribution < -0.4 is 5.43 Å². The van der Waals surface area contributed by atoms with Crippen LogP contribution in [0.1, 0.15) is 5.56 Å². The Morgan fingerprint density at radius 3 is 2.50 bits per heavy atom. The Kier molecular flexibility index (Phi) is 2.55. The predicted octanol–water partition coefficient (Wildman–Crippen LogP) is 2.78. The molecule has 2 rings (SSSR count). The second-order valence-corrected chi connectivity index (χ2v) is 3.13. The molecule has 16 heavy (non-hydrogen) atoms. The van der Waals surface area contributed by atoms with E-state index in [0.717, 1.165) is 18.3 Å². The van der Waals surface area contributed by atoms with Gasteiger partial charge in [0.05, 0.1) is 5.56 Å². The summed E-state index contributed by atoms with van der Waals surface area (Å²) in [5.74, 6) is 0.144. The van der Waals surface area contributed by atoms with Gasteiger partial charge < -0.3 is 0 Å². The van der Waals surface area contributed by atoms with Crippen LogP contribution in [0.5, 0.6) is 0 Å². The molecule has 0 bridgehead atoms. The normalized spacial score (nSPS) is 11.4. The summed E-state index contributed by atoms with van der Waals surface area (Å²) in [6.45, 7) is 0. The average molecular weight is 227 g/mol. The van der Waals surface area contributed by atoms with E-state index >= 15 is 0 Å². The molecule has 0 unspecified atom stereocenters. The monoisotopic (exact) mass is 227 g/mol. The van der Waals surface area contributed by atoms with Gasteiger partial charge in [-0.3, -0.25) is 10.1 Å². The molecule has 0 aromatic carbocycles. The van der Waals surface area contributed by atoms with Gasteiger partial charge in [0.25, 0.3) is 0 Å². The maximum absolute atomic E-state index is 12.4. The third-order valence-corrected chi connectivity index (χ3v) is 1.94. The van der Waals surface area contributed by atoms with Crippen LogP contribution in [-0.4, -0.2) is 9.66 Å². The third kappa shape index (κ3) is 2.33. The van der Waals surface area contributed by atoms with Gasteiger partial charge in [-0.15, -0.1) is 0 Å². The first-order valence-corrected chi connectivity index (χ1v) is 4.49. The topological polar surface area (TPSA) is 29.9 Å². The summed E-state index contributed by atoms with van der Waals surface area (Å²) in [6, 6.07) is 5.39. The van der Waals surface area contributed by atoms with E-state index in [1.165, 1.54) is 4.68 Å². The van der Waals surface area contributed by atoms with Crippen LogP contribution in [0.4, 0.5) is 19.0 Å². The number of pyridine rings is 1. The van der Waals surface area contributed by atoms with E-state index in [9.17, 15) is 13.2 Å². The van der Waals surface area contributed by atoms with Gasteiger partial charge in [-0.1, -0.05) is 0 Å². The zero-order chi connectivity index (χ0) is 11.6. The first-order valence-electron chi connectivity index (χ1n) is 4.49. The maximum atomic E-state index is 12.4. The largest absolute Gasteiger partial charge is 0.416 e. The minimum Gasteiger partial charge on any atom is -0.278 e. The highest BCUT2D eigenvalue weighted by Crippen LogP contribution is 2.29. The maximum Gasteiger partial charge on any atom is 0.416 e. The van der Waals surface area contributed by atoms with Crippen LogP contribution >= 0.6 is 0 Å². The molecule has 2 heterocycles. The van der Waals surface area contributed by atoms with Crippen LogP contribution in [0.25, 0.3) is 0 Å². The number of anilines is 1. The Morgan fingerprint density at radius 1 is 1.19 bits per heavy atom. The number of rotatable bonds is 2. The third-order valence-electron chi connectivity index (χ3n) is 1.94. The molecular weight excluding hydrogens is 219 g/mol. The second kappa shape index (κ2) is 3.88. The molecule has 2 aromatic rings. The molecule has 6 heteroatoms. The number of alkyl halides is 3. The predicted molar refractivity (Wildman–Crippen MR) is 52.7 cm³/mol. The molecule has 0 aliphatic carbocycles. The highest BCUT2D eigenvalue weighted by atomic mass is 19.4. The fourth-order valence-electron chi connectivity index (χ4n) is 1.21. The lowest BCUT2D eigenvalue weighted by molar-refractivity contribution is -0.137. The molecule has 3 nitrogen and oxygen atoms in total. The van der Waals surface area contributed by atoms with E-state index < -0.39 is 11.7 Å². The van der Waals surface area contributed by atoms with Crippen molar-refractivity contribution in [2.45, 2.75) is 6.18 Å². The number of halogens is 3. The molecule has 2 aromatic heterocycles. The van der Waals surface area contributed by atoms with Crippen LogP contribution in [0.3, 0.4) is 0 Å². The van der Waals surface area contributed by atoms with Gasteiger partial charge in [-0.25, -0.2) is 4.98 Å². The van der Waals surface area contributed by atoms with Crippen LogP contribution in [0, 0.1) is 0 Å². The smallest absolute Gasteiger partial charge is 0.278 e.